The van der Waals surface area contributed by atoms with Gasteiger partial charge in [0, 0.05) is 11.3 Å². The molecule has 0 aromatic heterocycles. The highest BCUT2D eigenvalue weighted by molar-refractivity contribution is 8.00. The molecule has 1 fully saturated rings. The highest BCUT2D eigenvalue weighted by Crippen LogP contribution is 2.37. The molecule has 2 rings (SSSR count). The van der Waals surface area contributed by atoms with Crippen LogP contribution in [0.1, 0.15) is 30.1 Å². The number of hydrogen-bond donors (Lipinski definition) is 2. The van der Waals surface area contributed by atoms with Crippen LogP contribution in [-0.4, -0.2) is 27.9 Å². The molecular weight excluding hydrogens is 297 g/mol. The molecule has 0 bridgehead atoms. The molecule has 1 saturated heterocycles. The summed E-state index contributed by atoms with van der Waals surface area (Å²) >= 11 is 1.77. The van der Waals surface area contributed by atoms with E-state index in [-0.39, 0.29) is 16.0 Å². The standard InChI is InChI=1S/C13H16FN3O3S/c1-13(3-2-4-21-13)7-16-12(18)9-5-8(14)6-10(11(9)15)17(19)20/h5-6H,2-4,7,15H2,1H3,(H,16,18). The molecule has 3 N–H and O–H groups in total. The number of halogens is 1. The van der Waals surface area contributed by atoms with Crippen molar-refractivity contribution in [2.75, 3.05) is 18.0 Å². The van der Waals surface area contributed by atoms with E-state index in [4.69, 9.17) is 5.73 Å². The molecule has 1 unspecified atom stereocenters. The van der Waals surface area contributed by atoms with Gasteiger partial charge in [-0.1, -0.05) is 0 Å². The summed E-state index contributed by atoms with van der Waals surface area (Å²) in [5, 5.41) is 13.5. The molecule has 0 radical (unpaired) electrons. The highest BCUT2D eigenvalue weighted by atomic mass is 32.2. The Kier molecular flexibility index (Phi) is 4.36. The van der Waals surface area contributed by atoms with Crippen molar-refractivity contribution in [3.8, 4) is 0 Å². The number of nitro benzene ring substituents is 1. The van der Waals surface area contributed by atoms with E-state index in [2.05, 4.69) is 5.32 Å². The zero-order valence-corrected chi connectivity index (χ0v) is 12.3. The maximum absolute atomic E-state index is 13.4. The fourth-order valence-electron chi connectivity index (χ4n) is 2.28. The number of amides is 1. The Hall–Kier alpha value is -1.83. The fraction of sp³-hybridized carbons (Fsp3) is 0.462. The summed E-state index contributed by atoms with van der Waals surface area (Å²) in [6, 6.07) is 1.63. The minimum Gasteiger partial charge on any atom is -0.393 e. The Balaban J connectivity index is 2.17. The summed E-state index contributed by atoms with van der Waals surface area (Å²) in [5.41, 5.74) is 4.48. The Bertz CT molecular complexity index is 588. The molecule has 1 aromatic rings. The first kappa shape index (κ1) is 15.6. The second kappa shape index (κ2) is 5.88. The summed E-state index contributed by atoms with van der Waals surface area (Å²) in [5.74, 6) is -0.411. The lowest BCUT2D eigenvalue weighted by Crippen LogP contribution is -2.37. The van der Waals surface area contributed by atoms with Crippen molar-refractivity contribution in [2.24, 2.45) is 0 Å². The molecule has 0 saturated carbocycles. The number of nitrogens with two attached hydrogens (primary N) is 1. The minimum absolute atomic E-state index is 0.0519. The van der Waals surface area contributed by atoms with Crippen LogP contribution in [0.15, 0.2) is 12.1 Å². The molecular formula is C13H16FN3O3S. The molecule has 0 aliphatic carbocycles. The second-order valence-corrected chi connectivity index (χ2v) is 6.91. The van der Waals surface area contributed by atoms with Crippen LogP contribution < -0.4 is 11.1 Å². The molecule has 1 aliphatic heterocycles. The van der Waals surface area contributed by atoms with Crippen molar-refractivity contribution in [1.82, 2.24) is 5.32 Å². The van der Waals surface area contributed by atoms with Crippen LogP contribution >= 0.6 is 11.8 Å². The average Bonchev–Trinajstić information content (AvgIpc) is 2.85. The smallest absolute Gasteiger partial charge is 0.295 e. The fourth-order valence-corrected chi connectivity index (χ4v) is 3.53. The number of rotatable bonds is 4. The molecule has 6 nitrogen and oxygen atoms in total. The van der Waals surface area contributed by atoms with Crippen LogP contribution in [0.3, 0.4) is 0 Å². The summed E-state index contributed by atoms with van der Waals surface area (Å²) in [6.45, 7) is 2.46. The zero-order chi connectivity index (χ0) is 15.6. The summed E-state index contributed by atoms with van der Waals surface area (Å²) in [6.07, 6.45) is 2.07. The Labute approximate surface area is 125 Å². The van der Waals surface area contributed by atoms with Crippen molar-refractivity contribution in [2.45, 2.75) is 24.5 Å². The molecule has 1 heterocycles. The van der Waals surface area contributed by atoms with Crippen molar-refractivity contribution in [1.29, 1.82) is 0 Å². The summed E-state index contributed by atoms with van der Waals surface area (Å²) in [7, 11) is 0. The number of carbonyl (C=O) groups is 1. The number of nitrogens with zero attached hydrogens (tertiary/aromatic N) is 1. The number of hydrogen-bond acceptors (Lipinski definition) is 5. The van der Waals surface area contributed by atoms with Gasteiger partial charge in [0.15, 0.2) is 0 Å². The van der Waals surface area contributed by atoms with Gasteiger partial charge in [0.05, 0.1) is 16.6 Å². The largest absolute Gasteiger partial charge is 0.393 e. The van der Waals surface area contributed by atoms with E-state index in [0.717, 1.165) is 24.7 Å². The van der Waals surface area contributed by atoms with Crippen molar-refractivity contribution in [3.05, 3.63) is 33.6 Å². The van der Waals surface area contributed by atoms with Gasteiger partial charge in [0.25, 0.3) is 11.6 Å². The predicted octanol–water partition coefficient (Wildman–Crippen LogP) is 2.33. The maximum atomic E-state index is 13.4. The molecule has 114 valence electrons. The van der Waals surface area contributed by atoms with Crippen LogP contribution in [-0.2, 0) is 0 Å². The van der Waals surface area contributed by atoms with Gasteiger partial charge < -0.3 is 11.1 Å². The van der Waals surface area contributed by atoms with E-state index in [1.54, 1.807) is 11.8 Å². The van der Waals surface area contributed by atoms with Gasteiger partial charge in [0.2, 0.25) is 0 Å². The molecule has 8 heteroatoms. The van der Waals surface area contributed by atoms with E-state index in [0.29, 0.717) is 12.6 Å². The van der Waals surface area contributed by atoms with Crippen molar-refractivity contribution < 1.29 is 14.1 Å². The van der Waals surface area contributed by atoms with Crippen LogP contribution in [0.25, 0.3) is 0 Å². The number of nitrogens with one attached hydrogen (secondary N) is 1. The minimum atomic E-state index is -0.859. The number of benzene rings is 1. The van der Waals surface area contributed by atoms with Gasteiger partial charge in [0.1, 0.15) is 11.5 Å². The van der Waals surface area contributed by atoms with E-state index < -0.39 is 22.3 Å². The van der Waals surface area contributed by atoms with Crippen LogP contribution in [0.4, 0.5) is 15.8 Å². The van der Waals surface area contributed by atoms with E-state index >= 15 is 0 Å². The number of nitrogen functional groups attached to an aromatic ring is 1. The number of thioether (sulfide) groups is 1. The third kappa shape index (κ3) is 3.44. The third-order valence-electron chi connectivity index (χ3n) is 3.49. The van der Waals surface area contributed by atoms with Crippen molar-refractivity contribution in [3.63, 3.8) is 0 Å². The zero-order valence-electron chi connectivity index (χ0n) is 11.5. The van der Waals surface area contributed by atoms with Crippen LogP contribution in [0, 0.1) is 15.9 Å². The average molecular weight is 313 g/mol. The topological polar surface area (TPSA) is 98.3 Å². The van der Waals surface area contributed by atoms with E-state index in [1.807, 2.05) is 6.92 Å². The molecule has 1 aromatic carbocycles. The van der Waals surface area contributed by atoms with Gasteiger partial charge in [-0.2, -0.15) is 11.8 Å². The summed E-state index contributed by atoms with van der Waals surface area (Å²) < 4.78 is 13.3. The summed E-state index contributed by atoms with van der Waals surface area (Å²) in [4.78, 5) is 22.1. The normalized spacial score (nSPS) is 21.2. The van der Waals surface area contributed by atoms with E-state index in [1.165, 1.54) is 0 Å². The van der Waals surface area contributed by atoms with Crippen LogP contribution in [0.2, 0.25) is 0 Å². The predicted molar refractivity (Wildman–Crippen MR) is 79.9 cm³/mol. The van der Waals surface area contributed by atoms with Crippen molar-refractivity contribution >= 4 is 29.0 Å². The molecule has 1 aliphatic rings. The second-order valence-electron chi connectivity index (χ2n) is 5.23. The number of anilines is 1. The lowest BCUT2D eigenvalue weighted by atomic mass is 10.1. The molecule has 0 spiro atoms. The Morgan fingerprint density at radius 3 is 2.90 bits per heavy atom. The van der Waals surface area contributed by atoms with Gasteiger partial charge in [-0.05, 0) is 31.6 Å². The first-order valence-corrected chi connectivity index (χ1v) is 7.46. The number of nitro groups is 1. The Morgan fingerprint density at radius 2 is 2.33 bits per heavy atom. The highest BCUT2D eigenvalue weighted by Gasteiger charge is 2.30. The van der Waals surface area contributed by atoms with E-state index in [9.17, 15) is 19.3 Å². The van der Waals surface area contributed by atoms with Gasteiger partial charge in [-0.15, -0.1) is 0 Å². The van der Waals surface area contributed by atoms with Gasteiger partial charge in [-0.25, -0.2) is 4.39 Å². The third-order valence-corrected chi connectivity index (χ3v) is 5.03. The molecule has 1 amide bonds. The van der Waals surface area contributed by atoms with Gasteiger partial charge in [-0.3, -0.25) is 14.9 Å². The van der Waals surface area contributed by atoms with Gasteiger partial charge >= 0.3 is 0 Å². The maximum Gasteiger partial charge on any atom is 0.295 e. The first-order chi connectivity index (χ1) is 9.82. The first-order valence-electron chi connectivity index (χ1n) is 6.48. The Morgan fingerprint density at radius 1 is 1.62 bits per heavy atom. The lowest BCUT2D eigenvalue weighted by Gasteiger charge is -2.23. The quantitative estimate of drug-likeness (QED) is 0.505. The monoisotopic (exact) mass is 313 g/mol. The SMILES string of the molecule is CC1(CNC(=O)c2cc(F)cc([N+](=O)[O-])c2N)CCCS1. The molecule has 1 atom stereocenters. The van der Waals surface area contributed by atoms with Crippen LogP contribution in [0.5, 0.6) is 0 Å². The number of carbonyl (C=O) groups excluding carboxylic acids is 1. The molecule has 21 heavy (non-hydrogen) atoms. The lowest BCUT2D eigenvalue weighted by molar-refractivity contribution is -0.384.